The van der Waals surface area contributed by atoms with Crippen molar-refractivity contribution in [1.29, 1.82) is 0 Å². The number of nitrogens with zero attached hydrogens (tertiary/aromatic N) is 2. The number of anilines is 2. The Morgan fingerprint density at radius 1 is 1.29 bits per heavy atom. The maximum atomic E-state index is 12.5. The average molecular weight is 420 g/mol. The highest BCUT2D eigenvalue weighted by atomic mass is 79.9. The molecule has 1 saturated heterocycles. The predicted molar refractivity (Wildman–Crippen MR) is 103 cm³/mol. The van der Waals surface area contributed by atoms with E-state index < -0.39 is 0 Å². The minimum atomic E-state index is -0.0973. The Morgan fingerprint density at radius 2 is 1.88 bits per heavy atom. The van der Waals surface area contributed by atoms with Crippen molar-refractivity contribution in [3.63, 3.8) is 0 Å². The van der Waals surface area contributed by atoms with E-state index in [9.17, 15) is 9.59 Å². The fourth-order valence-corrected chi connectivity index (χ4v) is 3.28. The highest BCUT2D eigenvalue weighted by molar-refractivity contribution is 9.10. The van der Waals surface area contributed by atoms with Gasteiger partial charge in [-0.3, -0.25) is 4.79 Å². The number of halogens is 2. The predicted octanol–water partition coefficient (Wildman–Crippen LogP) is 3.09. The summed E-state index contributed by atoms with van der Waals surface area (Å²) in [6.45, 7) is 3.10. The van der Waals surface area contributed by atoms with Gasteiger partial charge < -0.3 is 20.9 Å². The van der Waals surface area contributed by atoms with Crippen molar-refractivity contribution in [3.8, 4) is 0 Å². The zero-order chi connectivity index (χ0) is 17.1. The number of likely N-dealkylation sites (tertiary alicyclic amines) is 1. The number of benzene rings is 1. The van der Waals surface area contributed by atoms with Gasteiger partial charge >= 0.3 is 6.03 Å². The highest BCUT2D eigenvalue weighted by Gasteiger charge is 2.28. The molecule has 0 bridgehead atoms. The molecular formula is C16H24BrClN4O2. The number of hydrogen-bond acceptors (Lipinski definition) is 3. The molecule has 6 nitrogen and oxygen atoms in total. The lowest BCUT2D eigenvalue weighted by Crippen LogP contribution is -2.45. The van der Waals surface area contributed by atoms with Gasteiger partial charge in [0.1, 0.15) is 0 Å². The summed E-state index contributed by atoms with van der Waals surface area (Å²) in [5.41, 5.74) is 8.17. The first-order valence-electron chi connectivity index (χ1n) is 7.62. The average Bonchev–Trinajstić information content (AvgIpc) is 2.51. The second-order valence-corrected chi connectivity index (χ2v) is 7.03. The molecule has 0 aliphatic carbocycles. The molecule has 3 amide bonds. The molecule has 1 aromatic carbocycles. The number of nitrogen functional groups attached to an aromatic ring is 1. The van der Waals surface area contributed by atoms with Crippen molar-refractivity contribution in [2.45, 2.75) is 19.8 Å². The number of aryl methyl sites for hydroxylation is 1. The smallest absolute Gasteiger partial charge is 0.319 e. The summed E-state index contributed by atoms with van der Waals surface area (Å²) in [7, 11) is 3.47. The lowest BCUT2D eigenvalue weighted by atomic mass is 9.96. The molecule has 1 aromatic rings. The Hall–Kier alpha value is -1.47. The Morgan fingerprint density at radius 3 is 2.42 bits per heavy atom. The van der Waals surface area contributed by atoms with Gasteiger partial charge in [-0.15, -0.1) is 12.4 Å². The van der Waals surface area contributed by atoms with Crippen LogP contribution >= 0.6 is 28.3 Å². The standard InChI is InChI=1S/C16H23BrN4O2.ClH/c1-10-8-12(17)9-13(14(10)18)19-15(22)11-4-6-21(7-5-11)16(23)20(2)3;/h8-9,11H,4-7,18H2,1-3H3,(H,19,22);1H. The number of nitrogens with two attached hydrogens (primary N) is 1. The van der Waals surface area contributed by atoms with Crippen LogP contribution in [0, 0.1) is 12.8 Å². The third-order valence-corrected chi connectivity index (χ3v) is 4.59. The number of carbonyl (C=O) groups is 2. The fourth-order valence-electron chi connectivity index (χ4n) is 2.71. The van der Waals surface area contributed by atoms with Gasteiger partial charge in [0.15, 0.2) is 0 Å². The van der Waals surface area contributed by atoms with E-state index in [1.54, 1.807) is 23.9 Å². The second kappa shape index (κ2) is 8.58. The fraction of sp³-hybridized carbons (Fsp3) is 0.500. The lowest BCUT2D eigenvalue weighted by molar-refractivity contribution is -0.121. The number of amides is 3. The van der Waals surface area contributed by atoms with Gasteiger partial charge in [0.05, 0.1) is 11.4 Å². The first kappa shape index (κ1) is 20.6. The molecule has 1 aliphatic rings. The molecule has 1 aliphatic heterocycles. The van der Waals surface area contributed by atoms with Crippen molar-refractivity contribution < 1.29 is 9.59 Å². The normalized spacial score (nSPS) is 14.8. The van der Waals surface area contributed by atoms with Crippen LogP contribution in [0.25, 0.3) is 0 Å². The third-order valence-electron chi connectivity index (χ3n) is 4.13. The first-order chi connectivity index (χ1) is 10.8. The number of piperidine rings is 1. The quantitative estimate of drug-likeness (QED) is 0.723. The molecule has 0 aromatic heterocycles. The van der Waals surface area contributed by atoms with E-state index in [1.165, 1.54) is 0 Å². The van der Waals surface area contributed by atoms with Crippen LogP contribution in [0.2, 0.25) is 0 Å². The van der Waals surface area contributed by atoms with Crippen LogP contribution in [0.1, 0.15) is 18.4 Å². The molecule has 3 N–H and O–H groups in total. The lowest BCUT2D eigenvalue weighted by Gasteiger charge is -2.33. The molecule has 0 spiro atoms. The van der Waals surface area contributed by atoms with Gasteiger partial charge in [-0.2, -0.15) is 0 Å². The third kappa shape index (κ3) is 4.77. The van der Waals surface area contributed by atoms with Crippen molar-refractivity contribution in [2.75, 3.05) is 38.2 Å². The number of carbonyl (C=O) groups excluding carboxylic acids is 2. The molecule has 0 atom stereocenters. The van der Waals surface area contributed by atoms with Crippen LogP contribution in [0.3, 0.4) is 0 Å². The Bertz CT molecular complexity index is 616. The molecular weight excluding hydrogens is 396 g/mol. The van der Waals surface area contributed by atoms with Crippen molar-refractivity contribution in [3.05, 3.63) is 22.2 Å². The van der Waals surface area contributed by atoms with Gasteiger partial charge in [-0.05, 0) is 37.5 Å². The van der Waals surface area contributed by atoms with Gasteiger partial charge in [0.25, 0.3) is 0 Å². The summed E-state index contributed by atoms with van der Waals surface area (Å²) in [6.07, 6.45) is 1.33. The number of rotatable bonds is 2. The molecule has 0 unspecified atom stereocenters. The summed E-state index contributed by atoms with van der Waals surface area (Å²) < 4.78 is 0.880. The van der Waals surface area contributed by atoms with Crippen molar-refractivity contribution in [1.82, 2.24) is 9.80 Å². The second-order valence-electron chi connectivity index (χ2n) is 6.11. The van der Waals surface area contributed by atoms with E-state index in [1.807, 2.05) is 19.1 Å². The van der Waals surface area contributed by atoms with E-state index in [0.717, 1.165) is 10.0 Å². The number of nitrogens with one attached hydrogen (secondary N) is 1. The molecule has 24 heavy (non-hydrogen) atoms. The summed E-state index contributed by atoms with van der Waals surface area (Å²) in [5, 5.41) is 2.92. The van der Waals surface area contributed by atoms with Gasteiger partial charge in [0.2, 0.25) is 5.91 Å². The van der Waals surface area contributed by atoms with Crippen LogP contribution < -0.4 is 11.1 Å². The first-order valence-corrected chi connectivity index (χ1v) is 8.41. The SMILES string of the molecule is Cc1cc(Br)cc(NC(=O)C2CCN(C(=O)N(C)C)CC2)c1N.Cl. The van der Waals surface area contributed by atoms with Crippen LogP contribution in [-0.2, 0) is 4.79 Å². The Balaban J connectivity index is 0.00000288. The topological polar surface area (TPSA) is 78.7 Å². The van der Waals surface area contributed by atoms with Crippen molar-refractivity contribution in [2.24, 2.45) is 5.92 Å². The summed E-state index contributed by atoms with van der Waals surface area (Å²) in [4.78, 5) is 27.7. The Labute approximate surface area is 157 Å². The zero-order valence-electron chi connectivity index (χ0n) is 14.1. The number of hydrogen-bond donors (Lipinski definition) is 2. The minimum Gasteiger partial charge on any atom is -0.397 e. The van der Waals surface area contributed by atoms with Gasteiger partial charge in [0, 0.05) is 37.6 Å². The van der Waals surface area contributed by atoms with Crippen molar-refractivity contribution >= 4 is 51.7 Å². The van der Waals surface area contributed by atoms with Crippen LogP contribution in [-0.4, -0.2) is 48.9 Å². The monoisotopic (exact) mass is 418 g/mol. The van der Waals surface area contributed by atoms with Gasteiger partial charge in [-0.25, -0.2) is 4.79 Å². The maximum Gasteiger partial charge on any atom is 0.319 e. The minimum absolute atomic E-state index is 0. The van der Waals surface area contributed by atoms with E-state index in [-0.39, 0.29) is 30.3 Å². The van der Waals surface area contributed by atoms with E-state index >= 15 is 0 Å². The summed E-state index contributed by atoms with van der Waals surface area (Å²) in [6, 6.07) is 3.72. The molecule has 1 heterocycles. The van der Waals surface area contributed by atoms with Crippen LogP contribution in [0.5, 0.6) is 0 Å². The molecule has 2 rings (SSSR count). The van der Waals surface area contributed by atoms with E-state index in [0.29, 0.717) is 37.3 Å². The molecule has 1 fully saturated rings. The molecule has 0 radical (unpaired) electrons. The van der Waals surface area contributed by atoms with Gasteiger partial charge in [-0.1, -0.05) is 15.9 Å². The largest absolute Gasteiger partial charge is 0.397 e. The van der Waals surface area contributed by atoms with Crippen LogP contribution in [0.15, 0.2) is 16.6 Å². The zero-order valence-corrected chi connectivity index (χ0v) is 16.5. The molecule has 0 saturated carbocycles. The maximum absolute atomic E-state index is 12.5. The van der Waals surface area contributed by atoms with E-state index in [4.69, 9.17) is 5.73 Å². The molecule has 8 heteroatoms. The highest BCUT2D eigenvalue weighted by Crippen LogP contribution is 2.29. The van der Waals surface area contributed by atoms with Crippen LogP contribution in [0.4, 0.5) is 16.2 Å². The Kier molecular flexibility index (Phi) is 7.35. The summed E-state index contributed by atoms with van der Waals surface area (Å²) >= 11 is 3.41. The molecule has 134 valence electrons. The number of urea groups is 1. The summed E-state index contributed by atoms with van der Waals surface area (Å²) in [5.74, 6) is -0.133. The van der Waals surface area contributed by atoms with E-state index in [2.05, 4.69) is 21.2 Å².